The number of carbonyl (C=O) groups excluding carboxylic acids is 2. The topological polar surface area (TPSA) is 105 Å². The number of ether oxygens (including phenoxy) is 1. The van der Waals surface area contributed by atoms with Gasteiger partial charge in [-0.3, -0.25) is 9.59 Å². The second-order valence-corrected chi connectivity index (χ2v) is 8.97. The summed E-state index contributed by atoms with van der Waals surface area (Å²) in [7, 11) is -3.98. The van der Waals surface area contributed by atoms with Crippen molar-refractivity contribution in [3.05, 3.63) is 65.5 Å². The Morgan fingerprint density at radius 2 is 1.84 bits per heavy atom. The summed E-state index contributed by atoms with van der Waals surface area (Å²) in [5.41, 5.74) is 1.05. The van der Waals surface area contributed by atoms with Crippen molar-refractivity contribution < 1.29 is 27.1 Å². The van der Waals surface area contributed by atoms with Crippen LogP contribution in [0.3, 0.4) is 0 Å². The van der Waals surface area contributed by atoms with Crippen LogP contribution in [0, 0.1) is 12.7 Å². The second-order valence-electron chi connectivity index (χ2n) is 7.08. The van der Waals surface area contributed by atoms with Gasteiger partial charge in [-0.25, -0.2) is 12.8 Å². The van der Waals surface area contributed by atoms with E-state index in [-0.39, 0.29) is 30.1 Å². The van der Waals surface area contributed by atoms with Gasteiger partial charge in [0, 0.05) is 13.1 Å². The highest BCUT2D eigenvalue weighted by Crippen LogP contribution is 2.23. The molecule has 1 atom stereocenters. The van der Waals surface area contributed by atoms with Crippen LogP contribution < -0.4 is 10.6 Å². The molecule has 0 spiro atoms. The number of carbonyl (C=O) groups is 2. The van der Waals surface area contributed by atoms with E-state index in [1.165, 1.54) is 19.1 Å². The van der Waals surface area contributed by atoms with Crippen LogP contribution in [-0.2, 0) is 30.9 Å². The number of aryl methyl sites for hydroxylation is 1. The van der Waals surface area contributed by atoms with Crippen LogP contribution in [0.15, 0.2) is 53.4 Å². The van der Waals surface area contributed by atoms with Gasteiger partial charge in [0.05, 0.1) is 18.0 Å². The number of hydrogen-bond donors (Lipinski definition) is 2. The first kappa shape index (κ1) is 22.9. The van der Waals surface area contributed by atoms with Crippen LogP contribution in [0.1, 0.15) is 17.5 Å². The minimum atomic E-state index is -3.98. The summed E-state index contributed by atoms with van der Waals surface area (Å²) in [6, 6.07) is 12.7. The van der Waals surface area contributed by atoms with E-state index in [4.69, 9.17) is 4.74 Å². The van der Waals surface area contributed by atoms with Gasteiger partial charge in [-0.2, -0.15) is 4.31 Å². The molecule has 3 rings (SSSR count). The van der Waals surface area contributed by atoms with E-state index in [9.17, 15) is 22.4 Å². The van der Waals surface area contributed by atoms with Gasteiger partial charge in [0.15, 0.2) is 0 Å². The van der Waals surface area contributed by atoms with E-state index < -0.39 is 33.9 Å². The normalized spacial score (nSPS) is 17.2. The second kappa shape index (κ2) is 9.99. The van der Waals surface area contributed by atoms with E-state index in [0.29, 0.717) is 13.0 Å². The van der Waals surface area contributed by atoms with Gasteiger partial charge >= 0.3 is 11.8 Å². The molecule has 2 aromatic carbocycles. The fourth-order valence-electron chi connectivity index (χ4n) is 3.13. The van der Waals surface area contributed by atoms with Crippen molar-refractivity contribution in [3.63, 3.8) is 0 Å². The van der Waals surface area contributed by atoms with Crippen LogP contribution >= 0.6 is 0 Å². The van der Waals surface area contributed by atoms with Crippen LogP contribution in [0.5, 0.6) is 0 Å². The highest BCUT2D eigenvalue weighted by atomic mass is 32.2. The summed E-state index contributed by atoms with van der Waals surface area (Å²) in [5, 5.41) is 4.93. The lowest BCUT2D eigenvalue weighted by molar-refractivity contribution is -0.140. The molecule has 1 saturated heterocycles. The third-order valence-corrected chi connectivity index (χ3v) is 6.71. The van der Waals surface area contributed by atoms with Crippen molar-refractivity contribution in [3.8, 4) is 0 Å². The minimum Gasteiger partial charge on any atom is -0.360 e. The SMILES string of the molecule is Cc1cc(S(=O)(=O)N2CCCO[C@H]2CNC(=O)C(=O)NCc2ccccc2)ccc1F. The first-order chi connectivity index (χ1) is 14.8. The monoisotopic (exact) mass is 449 g/mol. The Morgan fingerprint density at radius 1 is 1.13 bits per heavy atom. The Hall–Kier alpha value is -2.82. The highest BCUT2D eigenvalue weighted by molar-refractivity contribution is 7.89. The molecule has 1 aliphatic rings. The van der Waals surface area contributed by atoms with Gasteiger partial charge in [0.25, 0.3) is 0 Å². The Morgan fingerprint density at radius 3 is 2.55 bits per heavy atom. The van der Waals surface area contributed by atoms with Crippen molar-refractivity contribution >= 4 is 21.8 Å². The quantitative estimate of drug-likeness (QED) is 0.647. The van der Waals surface area contributed by atoms with E-state index in [1.54, 1.807) is 0 Å². The molecule has 166 valence electrons. The van der Waals surface area contributed by atoms with E-state index in [2.05, 4.69) is 10.6 Å². The molecule has 0 saturated carbocycles. The Balaban J connectivity index is 1.62. The fourth-order valence-corrected chi connectivity index (χ4v) is 4.79. The Kier molecular flexibility index (Phi) is 7.37. The Bertz CT molecular complexity index is 1050. The molecule has 0 aromatic heterocycles. The summed E-state index contributed by atoms with van der Waals surface area (Å²) in [4.78, 5) is 24.1. The summed E-state index contributed by atoms with van der Waals surface area (Å²) in [5.74, 6) is -2.22. The van der Waals surface area contributed by atoms with Crippen molar-refractivity contribution in [1.29, 1.82) is 0 Å². The molecular formula is C21H24FN3O5S. The van der Waals surface area contributed by atoms with Crippen molar-refractivity contribution in [2.75, 3.05) is 19.7 Å². The van der Waals surface area contributed by atoms with Crippen molar-refractivity contribution in [2.45, 2.75) is 31.0 Å². The summed E-state index contributed by atoms with van der Waals surface area (Å²) in [6.45, 7) is 1.97. The molecule has 31 heavy (non-hydrogen) atoms. The molecule has 2 aromatic rings. The molecule has 0 unspecified atom stereocenters. The molecular weight excluding hydrogens is 425 g/mol. The molecule has 2 N–H and O–H groups in total. The first-order valence-electron chi connectivity index (χ1n) is 9.78. The number of benzene rings is 2. The number of amides is 2. The van der Waals surface area contributed by atoms with Gasteiger partial charge in [0.1, 0.15) is 12.0 Å². The number of nitrogens with one attached hydrogen (secondary N) is 2. The van der Waals surface area contributed by atoms with Crippen molar-refractivity contribution in [2.24, 2.45) is 0 Å². The summed E-state index contributed by atoms with van der Waals surface area (Å²) in [6.07, 6.45) is -0.503. The van der Waals surface area contributed by atoms with Crippen LogP contribution in [0.2, 0.25) is 0 Å². The van der Waals surface area contributed by atoms with Gasteiger partial charge in [-0.05, 0) is 42.7 Å². The maximum Gasteiger partial charge on any atom is 0.309 e. The zero-order chi connectivity index (χ0) is 22.4. The average molecular weight is 450 g/mol. The lowest BCUT2D eigenvalue weighted by atomic mass is 10.2. The third kappa shape index (κ3) is 5.66. The molecule has 8 nitrogen and oxygen atoms in total. The van der Waals surface area contributed by atoms with Gasteiger partial charge in [0.2, 0.25) is 10.0 Å². The maximum absolute atomic E-state index is 13.5. The third-order valence-electron chi connectivity index (χ3n) is 4.83. The van der Waals surface area contributed by atoms with Crippen molar-refractivity contribution in [1.82, 2.24) is 14.9 Å². The number of rotatable bonds is 6. The van der Waals surface area contributed by atoms with E-state index in [1.807, 2.05) is 30.3 Å². The van der Waals surface area contributed by atoms with Crippen LogP contribution in [0.25, 0.3) is 0 Å². The van der Waals surface area contributed by atoms with Gasteiger partial charge in [-0.1, -0.05) is 30.3 Å². The van der Waals surface area contributed by atoms with Gasteiger partial charge in [-0.15, -0.1) is 0 Å². The fraction of sp³-hybridized carbons (Fsp3) is 0.333. The predicted octanol–water partition coefficient (Wildman–Crippen LogP) is 1.30. The number of sulfonamides is 1. The Labute approximate surface area is 180 Å². The largest absolute Gasteiger partial charge is 0.360 e. The lowest BCUT2D eigenvalue weighted by Gasteiger charge is -2.34. The summed E-state index contributed by atoms with van der Waals surface area (Å²) >= 11 is 0. The first-order valence-corrected chi connectivity index (χ1v) is 11.2. The smallest absolute Gasteiger partial charge is 0.309 e. The zero-order valence-electron chi connectivity index (χ0n) is 17.0. The van der Waals surface area contributed by atoms with Crippen LogP contribution in [-0.4, -0.2) is 50.5 Å². The molecule has 0 bridgehead atoms. The zero-order valence-corrected chi connectivity index (χ0v) is 17.8. The standard InChI is InChI=1S/C21H24FN3O5S/c1-15-12-17(8-9-18(15)22)31(28,29)25-10-5-11-30-19(25)14-24-21(27)20(26)23-13-16-6-3-2-4-7-16/h2-4,6-9,12,19H,5,10-11,13-14H2,1H3,(H,23,26)(H,24,27)/t19-/m0/s1. The highest BCUT2D eigenvalue weighted by Gasteiger charge is 2.35. The van der Waals surface area contributed by atoms with Crippen LogP contribution in [0.4, 0.5) is 4.39 Å². The lowest BCUT2D eigenvalue weighted by Crippen LogP contribution is -2.53. The number of nitrogens with zero attached hydrogens (tertiary/aromatic N) is 1. The maximum atomic E-state index is 13.5. The number of halogens is 1. The van der Waals surface area contributed by atoms with E-state index in [0.717, 1.165) is 15.9 Å². The molecule has 2 amide bonds. The molecule has 0 aliphatic carbocycles. The molecule has 0 radical (unpaired) electrons. The molecule has 10 heteroatoms. The predicted molar refractivity (Wildman–Crippen MR) is 111 cm³/mol. The average Bonchev–Trinajstić information content (AvgIpc) is 2.78. The molecule has 1 aliphatic heterocycles. The minimum absolute atomic E-state index is 0.0613. The summed E-state index contributed by atoms with van der Waals surface area (Å²) < 4.78 is 46.3. The molecule has 1 heterocycles. The molecule has 1 fully saturated rings. The van der Waals surface area contributed by atoms with Gasteiger partial charge < -0.3 is 15.4 Å². The number of hydrogen-bond acceptors (Lipinski definition) is 5. The van der Waals surface area contributed by atoms with E-state index >= 15 is 0 Å².